The molecule has 4 rings (SSSR count). The second-order valence-corrected chi connectivity index (χ2v) is 6.80. The fourth-order valence-electron chi connectivity index (χ4n) is 3.66. The zero-order chi connectivity index (χ0) is 19.1. The molecule has 0 unspecified atom stereocenters. The molecule has 0 bridgehead atoms. The summed E-state index contributed by atoms with van der Waals surface area (Å²) in [6.45, 7) is 2.05. The number of pyridine rings is 1. The first kappa shape index (κ1) is 17.1. The summed E-state index contributed by atoms with van der Waals surface area (Å²) in [6, 6.07) is 12.8. The minimum absolute atomic E-state index is 0.298. The fraction of sp³-hybridized carbons (Fsp3) is 0.190. The van der Waals surface area contributed by atoms with Crippen LogP contribution in [0.4, 0.5) is 4.39 Å². The monoisotopic (exact) mass is 363 g/mol. The van der Waals surface area contributed by atoms with Gasteiger partial charge in [-0.1, -0.05) is 24.3 Å². The lowest BCUT2D eigenvalue weighted by molar-refractivity contribution is -0.122. The second-order valence-electron chi connectivity index (χ2n) is 6.80. The van der Waals surface area contributed by atoms with Crippen LogP contribution in [0.25, 0.3) is 10.9 Å². The van der Waals surface area contributed by atoms with Crippen molar-refractivity contribution in [1.29, 1.82) is 0 Å². The van der Waals surface area contributed by atoms with Crippen molar-refractivity contribution >= 4 is 22.7 Å². The van der Waals surface area contributed by atoms with E-state index in [0.29, 0.717) is 35.1 Å². The molecule has 6 heteroatoms. The van der Waals surface area contributed by atoms with Gasteiger partial charge in [0, 0.05) is 30.1 Å². The number of rotatable bonds is 2. The molecule has 27 heavy (non-hydrogen) atoms. The van der Waals surface area contributed by atoms with Gasteiger partial charge in [-0.2, -0.15) is 0 Å². The summed E-state index contributed by atoms with van der Waals surface area (Å²) in [5, 5.41) is 0.550. The third kappa shape index (κ3) is 3.03. The van der Waals surface area contributed by atoms with E-state index >= 15 is 0 Å². The predicted octanol–water partition coefficient (Wildman–Crippen LogP) is 2.73. The Morgan fingerprint density at radius 3 is 2.63 bits per heavy atom. The van der Waals surface area contributed by atoms with Crippen LogP contribution in [0, 0.1) is 12.7 Å². The van der Waals surface area contributed by atoms with E-state index in [2.05, 4.69) is 4.98 Å². The molecule has 2 amide bonds. The molecule has 1 aliphatic rings. The normalized spacial score (nSPS) is 16.2. The molecular weight excluding hydrogens is 345 g/mol. The molecule has 2 heterocycles. The van der Waals surface area contributed by atoms with Crippen molar-refractivity contribution in [3.8, 4) is 0 Å². The number of aromatic nitrogens is 1. The lowest BCUT2D eigenvalue weighted by Gasteiger charge is -2.35. The van der Waals surface area contributed by atoms with Gasteiger partial charge in [0.15, 0.2) is 0 Å². The third-order valence-corrected chi connectivity index (χ3v) is 4.97. The molecule has 0 spiro atoms. The fourth-order valence-corrected chi connectivity index (χ4v) is 3.66. The van der Waals surface area contributed by atoms with Gasteiger partial charge < -0.3 is 10.6 Å². The van der Waals surface area contributed by atoms with Gasteiger partial charge in [0.2, 0.25) is 5.91 Å². The van der Waals surface area contributed by atoms with Crippen molar-refractivity contribution in [3.63, 3.8) is 0 Å². The molecule has 0 saturated carbocycles. The largest absolute Gasteiger partial charge is 0.368 e. The molecule has 2 N–H and O–H groups in total. The molecule has 1 atom stereocenters. The quantitative estimate of drug-likeness (QED) is 0.761. The van der Waals surface area contributed by atoms with Crippen LogP contribution < -0.4 is 5.73 Å². The Balaban J connectivity index is 1.82. The van der Waals surface area contributed by atoms with Crippen LogP contribution in [0.3, 0.4) is 0 Å². The van der Waals surface area contributed by atoms with Crippen molar-refractivity contribution in [3.05, 3.63) is 76.7 Å². The Kier molecular flexibility index (Phi) is 4.11. The maximum absolute atomic E-state index is 13.6. The third-order valence-electron chi connectivity index (χ3n) is 4.97. The molecule has 0 fully saturated rings. The molecule has 0 aliphatic carbocycles. The smallest absolute Gasteiger partial charge is 0.255 e. The van der Waals surface area contributed by atoms with Gasteiger partial charge in [-0.05, 0) is 36.2 Å². The highest BCUT2D eigenvalue weighted by Gasteiger charge is 2.34. The number of carbonyl (C=O) groups excluding carboxylic acids is 2. The zero-order valence-electron chi connectivity index (χ0n) is 14.8. The number of benzene rings is 2. The number of hydrogen-bond acceptors (Lipinski definition) is 3. The van der Waals surface area contributed by atoms with Crippen molar-refractivity contribution in [2.45, 2.75) is 25.9 Å². The van der Waals surface area contributed by atoms with Gasteiger partial charge in [-0.3, -0.25) is 14.6 Å². The maximum Gasteiger partial charge on any atom is 0.255 e. The molecule has 1 aliphatic heterocycles. The van der Waals surface area contributed by atoms with Gasteiger partial charge in [-0.15, -0.1) is 0 Å². The highest BCUT2D eigenvalue weighted by Crippen LogP contribution is 2.27. The summed E-state index contributed by atoms with van der Waals surface area (Å²) in [5.41, 5.74) is 9.01. The number of aryl methyl sites for hydroxylation is 1. The van der Waals surface area contributed by atoms with E-state index in [0.717, 1.165) is 11.1 Å². The number of halogens is 1. The Labute approximate surface area is 155 Å². The van der Waals surface area contributed by atoms with E-state index < -0.39 is 17.8 Å². The Morgan fingerprint density at radius 2 is 1.89 bits per heavy atom. The number of carbonyl (C=O) groups is 2. The lowest BCUT2D eigenvalue weighted by atomic mass is 9.92. The van der Waals surface area contributed by atoms with Gasteiger partial charge in [0.25, 0.3) is 5.91 Å². The van der Waals surface area contributed by atoms with E-state index in [9.17, 15) is 14.0 Å². The molecule has 3 aromatic rings. The zero-order valence-corrected chi connectivity index (χ0v) is 14.8. The number of hydrogen-bond donors (Lipinski definition) is 1. The van der Waals surface area contributed by atoms with Crippen LogP contribution in [0.15, 0.2) is 48.5 Å². The van der Waals surface area contributed by atoms with Crippen LogP contribution in [0.2, 0.25) is 0 Å². The van der Waals surface area contributed by atoms with Gasteiger partial charge >= 0.3 is 0 Å². The SMILES string of the molecule is Cc1cc(C(=O)N2Cc3ccccc3C[C@@H]2C(N)=O)c2ccc(F)cc2n1. The summed E-state index contributed by atoms with van der Waals surface area (Å²) < 4.78 is 13.6. The first-order valence-corrected chi connectivity index (χ1v) is 8.68. The van der Waals surface area contributed by atoms with E-state index in [1.54, 1.807) is 19.1 Å². The van der Waals surface area contributed by atoms with Crippen molar-refractivity contribution in [1.82, 2.24) is 9.88 Å². The van der Waals surface area contributed by atoms with Crippen LogP contribution in [0.5, 0.6) is 0 Å². The van der Waals surface area contributed by atoms with Gasteiger partial charge in [-0.25, -0.2) is 4.39 Å². The summed E-state index contributed by atoms with van der Waals surface area (Å²) in [5.74, 6) is -1.27. The lowest BCUT2D eigenvalue weighted by Crippen LogP contribution is -2.51. The Morgan fingerprint density at radius 1 is 1.15 bits per heavy atom. The van der Waals surface area contributed by atoms with Gasteiger partial charge in [0.1, 0.15) is 11.9 Å². The number of nitrogens with two attached hydrogens (primary N) is 1. The number of nitrogens with zero attached hydrogens (tertiary/aromatic N) is 2. The summed E-state index contributed by atoms with van der Waals surface area (Å²) >= 11 is 0. The maximum atomic E-state index is 13.6. The predicted molar refractivity (Wildman–Crippen MR) is 99.4 cm³/mol. The summed E-state index contributed by atoms with van der Waals surface area (Å²) in [4.78, 5) is 31.2. The minimum atomic E-state index is -0.726. The molecule has 136 valence electrons. The molecule has 5 nitrogen and oxygen atoms in total. The first-order chi connectivity index (χ1) is 12.9. The second kappa shape index (κ2) is 6.46. The summed E-state index contributed by atoms with van der Waals surface area (Å²) in [7, 11) is 0. The van der Waals surface area contributed by atoms with E-state index in [-0.39, 0.29) is 5.91 Å². The molecule has 1 aromatic heterocycles. The highest BCUT2D eigenvalue weighted by atomic mass is 19.1. The minimum Gasteiger partial charge on any atom is -0.368 e. The van der Waals surface area contributed by atoms with Crippen LogP contribution >= 0.6 is 0 Å². The standard InChI is InChI=1S/C21H18FN3O2/c1-12-8-17(16-7-6-15(22)10-18(16)24-12)21(27)25-11-14-5-3-2-4-13(14)9-19(25)20(23)26/h2-8,10,19H,9,11H2,1H3,(H2,23,26)/t19-/m1/s1. The average molecular weight is 363 g/mol. The molecule has 0 radical (unpaired) electrons. The number of amides is 2. The van der Waals surface area contributed by atoms with E-state index in [1.807, 2.05) is 24.3 Å². The van der Waals surface area contributed by atoms with E-state index in [1.165, 1.54) is 17.0 Å². The number of fused-ring (bicyclic) bond motifs is 2. The van der Waals surface area contributed by atoms with E-state index in [4.69, 9.17) is 5.73 Å². The molecular formula is C21H18FN3O2. The summed E-state index contributed by atoms with van der Waals surface area (Å²) in [6.07, 6.45) is 0.383. The van der Waals surface area contributed by atoms with Crippen molar-refractivity contribution in [2.24, 2.45) is 5.73 Å². The van der Waals surface area contributed by atoms with Crippen LogP contribution in [-0.2, 0) is 17.8 Å². The Bertz CT molecular complexity index is 1070. The van der Waals surface area contributed by atoms with Gasteiger partial charge in [0.05, 0.1) is 11.1 Å². The molecule has 2 aromatic carbocycles. The van der Waals surface area contributed by atoms with Crippen LogP contribution in [-0.4, -0.2) is 27.7 Å². The van der Waals surface area contributed by atoms with Crippen molar-refractivity contribution < 1.29 is 14.0 Å². The number of primary amides is 1. The average Bonchev–Trinajstić information content (AvgIpc) is 2.65. The van der Waals surface area contributed by atoms with Crippen molar-refractivity contribution in [2.75, 3.05) is 0 Å². The topological polar surface area (TPSA) is 76.3 Å². The Hall–Kier alpha value is -3.28. The van der Waals surface area contributed by atoms with Crippen LogP contribution in [0.1, 0.15) is 27.2 Å². The first-order valence-electron chi connectivity index (χ1n) is 8.68. The molecule has 0 saturated heterocycles. The highest BCUT2D eigenvalue weighted by molar-refractivity contribution is 6.07.